The lowest BCUT2D eigenvalue weighted by Gasteiger charge is -2.24. The Kier molecular flexibility index (Phi) is 5.57. The largest absolute Gasteiger partial charge is 0.454 e. The van der Waals surface area contributed by atoms with Gasteiger partial charge in [0.25, 0.3) is 5.91 Å². The molecule has 0 atom stereocenters. The number of nitrogens with two attached hydrogens (primary N) is 1. The number of hydrogen-bond donors (Lipinski definition) is 3. The van der Waals surface area contributed by atoms with E-state index in [-0.39, 0.29) is 11.4 Å². The van der Waals surface area contributed by atoms with Crippen LogP contribution < -0.4 is 16.4 Å². The lowest BCUT2D eigenvalue weighted by atomic mass is 10.1. The van der Waals surface area contributed by atoms with E-state index in [1.807, 2.05) is 13.8 Å². The first-order valence-corrected chi connectivity index (χ1v) is 6.26. The van der Waals surface area contributed by atoms with Crippen LogP contribution in [0, 0.1) is 0 Å². The smallest absolute Gasteiger partial charge is 0.284 e. The van der Waals surface area contributed by atoms with E-state index in [2.05, 4.69) is 15.6 Å². The molecule has 0 aliphatic carbocycles. The van der Waals surface area contributed by atoms with Crippen molar-refractivity contribution in [3.63, 3.8) is 0 Å². The van der Waals surface area contributed by atoms with Crippen molar-refractivity contribution in [2.45, 2.75) is 26.0 Å². The summed E-state index contributed by atoms with van der Waals surface area (Å²) in [6.45, 7) is 4.95. The summed E-state index contributed by atoms with van der Waals surface area (Å²) < 4.78 is 10.6. The summed E-state index contributed by atoms with van der Waals surface area (Å²) >= 11 is 0. The Morgan fingerprint density at radius 1 is 1.45 bits per heavy atom. The number of carbonyl (C=O) groups is 1. The van der Waals surface area contributed by atoms with E-state index in [1.54, 1.807) is 26.3 Å². The van der Waals surface area contributed by atoms with Gasteiger partial charge in [-0.1, -0.05) is 0 Å². The van der Waals surface area contributed by atoms with Crippen molar-refractivity contribution < 1.29 is 13.9 Å². The first-order chi connectivity index (χ1) is 9.38. The fraction of sp³-hybridized carbons (Fsp3) is 0.538. The second kappa shape index (κ2) is 6.95. The number of amides is 1. The van der Waals surface area contributed by atoms with Gasteiger partial charge in [-0.05, 0) is 26.0 Å². The first kappa shape index (κ1) is 16.0. The van der Waals surface area contributed by atoms with Crippen molar-refractivity contribution in [1.82, 2.24) is 10.6 Å². The number of primary amides is 1. The van der Waals surface area contributed by atoms with Crippen LogP contribution in [-0.4, -0.2) is 38.2 Å². The molecule has 1 rings (SSSR count). The molecule has 1 aromatic heterocycles. The highest BCUT2D eigenvalue weighted by atomic mass is 16.5. The van der Waals surface area contributed by atoms with Gasteiger partial charge in [0.2, 0.25) is 0 Å². The Morgan fingerprint density at radius 3 is 2.65 bits per heavy atom. The van der Waals surface area contributed by atoms with E-state index in [9.17, 15) is 4.79 Å². The minimum absolute atomic E-state index is 0.144. The first-order valence-electron chi connectivity index (χ1n) is 6.26. The van der Waals surface area contributed by atoms with Crippen molar-refractivity contribution in [3.8, 4) is 0 Å². The molecule has 0 unspecified atom stereocenters. The van der Waals surface area contributed by atoms with Gasteiger partial charge in [-0.25, -0.2) is 0 Å². The number of aliphatic imine (C=N–C) groups is 1. The topological polar surface area (TPSA) is 102 Å². The molecule has 0 aromatic carbocycles. The average Bonchev–Trinajstić information content (AvgIpc) is 2.88. The summed E-state index contributed by atoms with van der Waals surface area (Å²) in [5.41, 5.74) is 4.83. The number of hydrogen-bond acceptors (Lipinski definition) is 4. The van der Waals surface area contributed by atoms with Gasteiger partial charge in [0.05, 0.1) is 12.1 Å². The van der Waals surface area contributed by atoms with Crippen LogP contribution in [0.15, 0.2) is 21.5 Å². The molecule has 0 aliphatic rings. The van der Waals surface area contributed by atoms with E-state index in [4.69, 9.17) is 14.9 Å². The van der Waals surface area contributed by atoms with Gasteiger partial charge in [-0.15, -0.1) is 0 Å². The predicted molar refractivity (Wildman–Crippen MR) is 76.5 cm³/mol. The molecule has 1 heterocycles. The maximum atomic E-state index is 10.9. The Morgan fingerprint density at radius 2 is 2.15 bits per heavy atom. The van der Waals surface area contributed by atoms with Crippen molar-refractivity contribution in [1.29, 1.82) is 0 Å². The molecule has 0 saturated carbocycles. The highest BCUT2D eigenvalue weighted by Crippen LogP contribution is 2.07. The highest BCUT2D eigenvalue weighted by molar-refractivity contribution is 5.89. The Balaban J connectivity index is 2.47. The number of rotatable bonds is 6. The molecule has 7 nitrogen and oxygen atoms in total. The molecular weight excluding hydrogens is 260 g/mol. The number of ether oxygens (including phenoxy) is 1. The number of guanidine groups is 1. The average molecular weight is 282 g/mol. The van der Waals surface area contributed by atoms with Gasteiger partial charge < -0.3 is 25.5 Å². The van der Waals surface area contributed by atoms with E-state index < -0.39 is 5.91 Å². The maximum absolute atomic E-state index is 10.9. The molecule has 1 amide bonds. The zero-order chi connectivity index (χ0) is 15.2. The number of nitrogens with one attached hydrogen (secondary N) is 2. The molecular formula is C13H22N4O3. The van der Waals surface area contributed by atoms with E-state index in [0.29, 0.717) is 24.8 Å². The van der Waals surface area contributed by atoms with Crippen molar-refractivity contribution in [2.75, 3.05) is 20.7 Å². The zero-order valence-corrected chi connectivity index (χ0v) is 12.3. The van der Waals surface area contributed by atoms with E-state index in [0.717, 1.165) is 0 Å². The zero-order valence-electron chi connectivity index (χ0n) is 12.3. The number of furan rings is 1. The molecule has 0 spiro atoms. The minimum Gasteiger partial charge on any atom is -0.454 e. The number of methoxy groups -OCH3 is 1. The fourth-order valence-corrected chi connectivity index (χ4v) is 1.37. The lowest BCUT2D eigenvalue weighted by Crippen LogP contribution is -2.45. The third-order valence-electron chi connectivity index (χ3n) is 2.79. The summed E-state index contributed by atoms with van der Waals surface area (Å²) in [6, 6.07) is 3.24. The second-order valence-corrected chi connectivity index (χ2v) is 4.87. The second-order valence-electron chi connectivity index (χ2n) is 4.87. The summed E-state index contributed by atoms with van der Waals surface area (Å²) in [7, 11) is 3.33. The summed E-state index contributed by atoms with van der Waals surface area (Å²) in [6.07, 6.45) is 0. The molecule has 112 valence electrons. The molecule has 0 radical (unpaired) electrons. The van der Waals surface area contributed by atoms with Crippen LogP contribution >= 0.6 is 0 Å². The SMILES string of the molecule is CN=C(NCc1ccc(C(N)=O)o1)NCC(C)(C)OC. The quantitative estimate of drug-likeness (QED) is 0.520. The standard InChI is InChI=1S/C13H22N4O3/c1-13(2,19-4)8-17-12(15-3)16-7-9-5-6-10(20-9)11(14)18/h5-6H,7-8H2,1-4H3,(H2,14,18)(H2,15,16,17). The Labute approximate surface area is 118 Å². The molecule has 20 heavy (non-hydrogen) atoms. The molecule has 7 heteroatoms. The van der Waals surface area contributed by atoms with Gasteiger partial charge in [0.1, 0.15) is 5.76 Å². The van der Waals surface area contributed by atoms with E-state index in [1.165, 1.54) is 0 Å². The van der Waals surface area contributed by atoms with E-state index >= 15 is 0 Å². The number of carbonyl (C=O) groups excluding carboxylic acids is 1. The highest BCUT2D eigenvalue weighted by Gasteiger charge is 2.16. The van der Waals surface area contributed by atoms with Crippen molar-refractivity contribution in [3.05, 3.63) is 23.7 Å². The van der Waals surface area contributed by atoms with Crippen LogP contribution in [0.3, 0.4) is 0 Å². The van der Waals surface area contributed by atoms with Crippen molar-refractivity contribution >= 4 is 11.9 Å². The van der Waals surface area contributed by atoms with Crippen LogP contribution in [-0.2, 0) is 11.3 Å². The molecule has 0 bridgehead atoms. The Bertz CT molecular complexity index is 480. The van der Waals surface area contributed by atoms with Crippen LogP contribution in [0.2, 0.25) is 0 Å². The Hall–Kier alpha value is -2.02. The minimum atomic E-state index is -0.583. The van der Waals surface area contributed by atoms with Gasteiger partial charge in [0, 0.05) is 20.7 Å². The third kappa shape index (κ3) is 4.93. The predicted octanol–water partition coefficient (Wildman–Crippen LogP) is 0.468. The monoisotopic (exact) mass is 282 g/mol. The number of nitrogens with zero attached hydrogens (tertiary/aromatic N) is 1. The molecule has 1 aromatic rings. The van der Waals surface area contributed by atoms with Crippen LogP contribution in [0.4, 0.5) is 0 Å². The molecule has 0 aliphatic heterocycles. The lowest BCUT2D eigenvalue weighted by molar-refractivity contribution is 0.0268. The van der Waals surface area contributed by atoms with Crippen LogP contribution in [0.25, 0.3) is 0 Å². The summed E-state index contributed by atoms with van der Waals surface area (Å²) in [5.74, 6) is 0.783. The van der Waals surface area contributed by atoms with Crippen LogP contribution in [0.1, 0.15) is 30.2 Å². The molecule has 4 N–H and O–H groups in total. The van der Waals surface area contributed by atoms with Gasteiger partial charge in [-0.2, -0.15) is 0 Å². The van der Waals surface area contributed by atoms with Gasteiger partial charge in [0.15, 0.2) is 11.7 Å². The molecule has 0 fully saturated rings. The van der Waals surface area contributed by atoms with Crippen molar-refractivity contribution in [2.24, 2.45) is 10.7 Å². The third-order valence-corrected chi connectivity index (χ3v) is 2.79. The normalized spacial score (nSPS) is 12.3. The van der Waals surface area contributed by atoms with Crippen LogP contribution in [0.5, 0.6) is 0 Å². The van der Waals surface area contributed by atoms with Gasteiger partial charge >= 0.3 is 0 Å². The summed E-state index contributed by atoms with van der Waals surface area (Å²) in [4.78, 5) is 15.0. The van der Waals surface area contributed by atoms with Gasteiger partial charge in [-0.3, -0.25) is 9.79 Å². The fourth-order valence-electron chi connectivity index (χ4n) is 1.37. The summed E-state index contributed by atoms with van der Waals surface area (Å²) in [5, 5.41) is 6.21. The molecule has 0 saturated heterocycles. The maximum Gasteiger partial charge on any atom is 0.284 e.